The van der Waals surface area contributed by atoms with Gasteiger partial charge < -0.3 is 4.74 Å². The van der Waals surface area contributed by atoms with Crippen molar-refractivity contribution in [2.75, 3.05) is 0 Å². The van der Waals surface area contributed by atoms with Crippen LogP contribution in [0.1, 0.15) is 11.1 Å². The summed E-state index contributed by atoms with van der Waals surface area (Å²) in [5.74, 6) is 1.50. The first-order chi connectivity index (χ1) is 9.28. The van der Waals surface area contributed by atoms with Crippen molar-refractivity contribution >= 4 is 23.3 Å². The number of hydrogen-bond donors (Lipinski definition) is 1. The summed E-state index contributed by atoms with van der Waals surface area (Å²) in [6.45, 7) is 2.00. The van der Waals surface area contributed by atoms with Crippen LogP contribution >= 0.6 is 12.4 Å². The molecular formula is C15H12ClN3O. The van der Waals surface area contributed by atoms with Gasteiger partial charge in [0.2, 0.25) is 0 Å². The van der Waals surface area contributed by atoms with Gasteiger partial charge in [0.05, 0.1) is 23.3 Å². The molecule has 3 aromatic rings. The van der Waals surface area contributed by atoms with E-state index in [1.54, 1.807) is 30.5 Å². The standard InChI is InChI=1S/C15H11N3O.ClH/c1-10-13-9-17-18-14(13)6-7-15(10)19-12-4-2-11(8-16)3-5-12;/h2-7,9H,1H3,(H,17,18);1H. The minimum absolute atomic E-state index is 0. The predicted octanol–water partition coefficient (Wildman–Crippen LogP) is 3.96. The zero-order valence-corrected chi connectivity index (χ0v) is 11.6. The van der Waals surface area contributed by atoms with Crippen LogP contribution in [0.15, 0.2) is 42.6 Å². The number of nitrogens with zero attached hydrogens (tertiary/aromatic N) is 2. The lowest BCUT2D eigenvalue weighted by atomic mass is 10.1. The number of aromatic nitrogens is 2. The number of benzene rings is 2. The van der Waals surface area contributed by atoms with E-state index in [2.05, 4.69) is 16.3 Å². The number of hydrogen-bond acceptors (Lipinski definition) is 3. The summed E-state index contributed by atoms with van der Waals surface area (Å²) >= 11 is 0. The minimum Gasteiger partial charge on any atom is -0.457 e. The molecule has 1 N–H and O–H groups in total. The Bertz CT molecular complexity index is 772. The van der Waals surface area contributed by atoms with Crippen LogP contribution in [0.4, 0.5) is 0 Å². The van der Waals surface area contributed by atoms with Gasteiger partial charge in [0.25, 0.3) is 0 Å². The van der Waals surface area contributed by atoms with Crippen molar-refractivity contribution in [3.8, 4) is 17.6 Å². The molecule has 0 atom stereocenters. The van der Waals surface area contributed by atoms with Crippen molar-refractivity contribution in [1.29, 1.82) is 5.26 Å². The summed E-state index contributed by atoms with van der Waals surface area (Å²) in [4.78, 5) is 0. The third-order valence-corrected chi connectivity index (χ3v) is 3.06. The molecule has 100 valence electrons. The van der Waals surface area contributed by atoms with Crippen LogP contribution in [0.2, 0.25) is 0 Å². The Hall–Kier alpha value is -2.51. The first-order valence-electron chi connectivity index (χ1n) is 5.88. The Morgan fingerprint density at radius 2 is 1.90 bits per heavy atom. The number of nitriles is 1. The third kappa shape index (κ3) is 2.44. The Morgan fingerprint density at radius 3 is 2.60 bits per heavy atom. The molecule has 2 aromatic carbocycles. The Balaban J connectivity index is 0.00000147. The Morgan fingerprint density at radius 1 is 1.15 bits per heavy atom. The van der Waals surface area contributed by atoms with Gasteiger partial charge in [-0.15, -0.1) is 12.4 Å². The summed E-state index contributed by atoms with van der Waals surface area (Å²) in [6, 6.07) is 13.0. The van der Waals surface area contributed by atoms with E-state index in [9.17, 15) is 0 Å². The molecule has 0 aliphatic carbocycles. The highest BCUT2D eigenvalue weighted by Crippen LogP contribution is 2.29. The Labute approximate surface area is 122 Å². The van der Waals surface area contributed by atoms with Crippen molar-refractivity contribution in [3.05, 3.63) is 53.7 Å². The quantitative estimate of drug-likeness (QED) is 0.775. The third-order valence-electron chi connectivity index (χ3n) is 3.06. The fourth-order valence-corrected chi connectivity index (χ4v) is 1.97. The zero-order valence-electron chi connectivity index (χ0n) is 10.8. The summed E-state index contributed by atoms with van der Waals surface area (Å²) in [5.41, 5.74) is 2.65. The lowest BCUT2D eigenvalue weighted by Crippen LogP contribution is -1.88. The monoisotopic (exact) mass is 285 g/mol. The number of halogens is 1. The van der Waals surface area contributed by atoms with Gasteiger partial charge in [0.15, 0.2) is 0 Å². The largest absolute Gasteiger partial charge is 0.457 e. The molecule has 3 rings (SSSR count). The lowest BCUT2D eigenvalue weighted by Gasteiger charge is -2.09. The average molecular weight is 286 g/mol. The van der Waals surface area contributed by atoms with E-state index in [1.165, 1.54) is 0 Å². The highest BCUT2D eigenvalue weighted by atomic mass is 35.5. The lowest BCUT2D eigenvalue weighted by molar-refractivity contribution is 0.480. The van der Waals surface area contributed by atoms with Crippen molar-refractivity contribution in [2.24, 2.45) is 0 Å². The van der Waals surface area contributed by atoms with E-state index in [0.717, 1.165) is 22.2 Å². The molecule has 4 nitrogen and oxygen atoms in total. The number of fused-ring (bicyclic) bond motifs is 1. The maximum absolute atomic E-state index is 8.76. The molecule has 0 bridgehead atoms. The molecular weight excluding hydrogens is 274 g/mol. The number of aromatic amines is 1. The number of rotatable bonds is 2. The van der Waals surface area contributed by atoms with Crippen LogP contribution < -0.4 is 4.74 Å². The van der Waals surface area contributed by atoms with Crippen LogP contribution in [0.3, 0.4) is 0 Å². The molecule has 0 aliphatic rings. The topological polar surface area (TPSA) is 61.7 Å². The number of ether oxygens (including phenoxy) is 1. The molecule has 1 heterocycles. The molecule has 0 saturated carbocycles. The molecule has 0 unspecified atom stereocenters. The van der Waals surface area contributed by atoms with E-state index in [4.69, 9.17) is 10.00 Å². The highest BCUT2D eigenvalue weighted by Gasteiger charge is 2.07. The first kappa shape index (κ1) is 13.9. The van der Waals surface area contributed by atoms with Gasteiger partial charge in [-0.3, -0.25) is 5.10 Å². The smallest absolute Gasteiger partial charge is 0.131 e. The molecule has 0 spiro atoms. The molecule has 0 radical (unpaired) electrons. The van der Waals surface area contributed by atoms with Crippen LogP contribution in [0.25, 0.3) is 10.9 Å². The van der Waals surface area contributed by atoms with E-state index in [-0.39, 0.29) is 12.4 Å². The molecule has 0 saturated heterocycles. The van der Waals surface area contributed by atoms with E-state index in [0.29, 0.717) is 11.3 Å². The van der Waals surface area contributed by atoms with Crippen LogP contribution in [-0.4, -0.2) is 10.2 Å². The fraction of sp³-hybridized carbons (Fsp3) is 0.0667. The second-order valence-electron chi connectivity index (χ2n) is 4.26. The second kappa shape index (κ2) is 5.64. The predicted molar refractivity (Wildman–Crippen MR) is 79.3 cm³/mol. The van der Waals surface area contributed by atoms with Crippen molar-refractivity contribution in [1.82, 2.24) is 10.2 Å². The first-order valence-corrected chi connectivity index (χ1v) is 5.88. The number of aryl methyl sites for hydroxylation is 1. The number of H-pyrrole nitrogens is 1. The van der Waals surface area contributed by atoms with Crippen molar-refractivity contribution < 1.29 is 4.74 Å². The highest BCUT2D eigenvalue weighted by molar-refractivity contribution is 5.85. The molecule has 5 heteroatoms. The molecule has 0 aliphatic heterocycles. The van der Waals surface area contributed by atoms with Crippen LogP contribution in [0.5, 0.6) is 11.5 Å². The fourth-order valence-electron chi connectivity index (χ4n) is 1.97. The average Bonchev–Trinajstić information content (AvgIpc) is 2.92. The van der Waals surface area contributed by atoms with Gasteiger partial charge in [0, 0.05) is 10.9 Å². The van der Waals surface area contributed by atoms with E-state index < -0.39 is 0 Å². The molecule has 0 fully saturated rings. The molecule has 20 heavy (non-hydrogen) atoms. The molecule has 1 aromatic heterocycles. The normalized spacial score (nSPS) is 9.80. The maximum atomic E-state index is 8.76. The van der Waals surface area contributed by atoms with Crippen molar-refractivity contribution in [2.45, 2.75) is 6.92 Å². The summed E-state index contributed by atoms with van der Waals surface area (Å²) in [5, 5.41) is 16.7. The summed E-state index contributed by atoms with van der Waals surface area (Å²) < 4.78 is 5.84. The van der Waals surface area contributed by atoms with Gasteiger partial charge >= 0.3 is 0 Å². The zero-order chi connectivity index (χ0) is 13.2. The van der Waals surface area contributed by atoms with Gasteiger partial charge in [-0.25, -0.2) is 0 Å². The summed E-state index contributed by atoms with van der Waals surface area (Å²) in [7, 11) is 0. The number of nitrogens with one attached hydrogen (secondary N) is 1. The van der Waals surface area contributed by atoms with E-state index >= 15 is 0 Å². The molecule has 0 amide bonds. The maximum Gasteiger partial charge on any atom is 0.131 e. The summed E-state index contributed by atoms with van der Waals surface area (Å²) in [6.07, 6.45) is 1.79. The van der Waals surface area contributed by atoms with Crippen molar-refractivity contribution in [3.63, 3.8) is 0 Å². The van der Waals surface area contributed by atoms with E-state index in [1.807, 2.05) is 19.1 Å². The Kier molecular flexibility index (Phi) is 3.92. The minimum atomic E-state index is 0. The van der Waals surface area contributed by atoms with Gasteiger partial charge in [-0.2, -0.15) is 10.4 Å². The van der Waals surface area contributed by atoms with Gasteiger partial charge in [0.1, 0.15) is 11.5 Å². The SMILES string of the molecule is Cc1c(Oc2ccc(C#N)cc2)ccc2[nH]ncc12.Cl. The van der Waals surface area contributed by atoms with Gasteiger partial charge in [-0.1, -0.05) is 0 Å². The van der Waals surface area contributed by atoms with Crippen LogP contribution in [0, 0.1) is 18.3 Å². The second-order valence-corrected chi connectivity index (χ2v) is 4.26. The van der Waals surface area contributed by atoms with Gasteiger partial charge in [-0.05, 0) is 43.3 Å². The van der Waals surface area contributed by atoms with Crippen LogP contribution in [-0.2, 0) is 0 Å².